The number of aromatic nitrogens is 3. The van der Waals surface area contributed by atoms with Gasteiger partial charge in [0.25, 0.3) is 0 Å². The van der Waals surface area contributed by atoms with Crippen LogP contribution in [-0.2, 0) is 7.05 Å². The first-order chi connectivity index (χ1) is 13.1. The van der Waals surface area contributed by atoms with Crippen LogP contribution in [0.25, 0.3) is 22.3 Å². The molecule has 1 N–H and O–H groups in total. The molecular formula is C22H28N4O. The first kappa shape index (κ1) is 18.0. The van der Waals surface area contributed by atoms with E-state index in [0.29, 0.717) is 18.2 Å². The normalized spacial score (nSPS) is 18.2. The van der Waals surface area contributed by atoms with Gasteiger partial charge in [0.15, 0.2) is 5.78 Å². The third-order valence-electron chi connectivity index (χ3n) is 5.76. The van der Waals surface area contributed by atoms with Crippen molar-refractivity contribution in [2.45, 2.75) is 45.1 Å². The van der Waals surface area contributed by atoms with E-state index in [1.54, 1.807) is 4.68 Å². The molecule has 5 nitrogen and oxygen atoms in total. The van der Waals surface area contributed by atoms with Crippen LogP contribution in [0.15, 0.2) is 36.4 Å². The Hall–Kier alpha value is -2.40. The summed E-state index contributed by atoms with van der Waals surface area (Å²) in [6, 6.07) is 12.9. The Morgan fingerprint density at radius 1 is 1.26 bits per heavy atom. The first-order valence-corrected chi connectivity index (χ1v) is 10.0. The van der Waals surface area contributed by atoms with E-state index in [9.17, 15) is 4.79 Å². The predicted molar refractivity (Wildman–Crippen MR) is 109 cm³/mol. The number of H-pyrrole nitrogens is 1. The molecule has 0 aliphatic carbocycles. The van der Waals surface area contributed by atoms with Crippen LogP contribution in [-0.4, -0.2) is 44.6 Å². The van der Waals surface area contributed by atoms with Gasteiger partial charge in [0, 0.05) is 30.4 Å². The fourth-order valence-electron chi connectivity index (χ4n) is 4.13. The molecule has 0 bridgehead atoms. The van der Waals surface area contributed by atoms with E-state index in [0.717, 1.165) is 35.3 Å². The maximum atomic E-state index is 12.6. The van der Waals surface area contributed by atoms with Gasteiger partial charge in [-0.3, -0.25) is 9.48 Å². The second-order valence-electron chi connectivity index (χ2n) is 7.72. The van der Waals surface area contributed by atoms with E-state index in [1.165, 1.54) is 25.8 Å². The summed E-state index contributed by atoms with van der Waals surface area (Å²) in [6.07, 6.45) is 5.36. The number of aryl methyl sites for hydroxylation is 1. The number of piperidine rings is 1. The molecule has 1 saturated heterocycles. The predicted octanol–water partition coefficient (Wildman–Crippen LogP) is 4.41. The van der Waals surface area contributed by atoms with Crippen molar-refractivity contribution in [3.8, 4) is 11.4 Å². The van der Waals surface area contributed by atoms with Gasteiger partial charge in [0.05, 0.1) is 11.4 Å². The van der Waals surface area contributed by atoms with Gasteiger partial charge in [-0.2, -0.15) is 5.10 Å². The van der Waals surface area contributed by atoms with Crippen LogP contribution in [0.4, 0.5) is 0 Å². The van der Waals surface area contributed by atoms with Crippen LogP contribution in [0.1, 0.15) is 49.5 Å². The number of fused-ring (bicyclic) bond motifs is 1. The van der Waals surface area contributed by atoms with Gasteiger partial charge in [-0.1, -0.05) is 24.6 Å². The van der Waals surface area contributed by atoms with Crippen LogP contribution >= 0.6 is 0 Å². The van der Waals surface area contributed by atoms with Crippen molar-refractivity contribution < 1.29 is 4.79 Å². The minimum Gasteiger partial charge on any atom is -0.353 e. The van der Waals surface area contributed by atoms with Gasteiger partial charge >= 0.3 is 0 Å². The summed E-state index contributed by atoms with van der Waals surface area (Å²) in [7, 11) is 1.90. The lowest BCUT2D eigenvalue weighted by molar-refractivity contribution is 0.0959. The summed E-state index contributed by atoms with van der Waals surface area (Å²) < 4.78 is 1.80. The molecule has 1 aromatic carbocycles. The summed E-state index contributed by atoms with van der Waals surface area (Å²) in [5.41, 5.74) is 3.60. The van der Waals surface area contributed by atoms with E-state index in [-0.39, 0.29) is 5.78 Å². The van der Waals surface area contributed by atoms with Crippen LogP contribution in [0.3, 0.4) is 0 Å². The van der Waals surface area contributed by atoms with E-state index in [2.05, 4.69) is 40.1 Å². The number of Topliss-reactive ketones (excluding diaryl/α,β-unsaturated/α-hetero) is 1. The molecule has 0 saturated carbocycles. The molecule has 1 atom stereocenters. The molecular weight excluding hydrogens is 336 g/mol. The van der Waals surface area contributed by atoms with Gasteiger partial charge < -0.3 is 9.88 Å². The molecule has 0 radical (unpaired) electrons. The zero-order chi connectivity index (χ0) is 18.8. The van der Waals surface area contributed by atoms with Gasteiger partial charge in [0.1, 0.15) is 5.69 Å². The number of aromatic amines is 1. The van der Waals surface area contributed by atoms with E-state index < -0.39 is 0 Å². The zero-order valence-corrected chi connectivity index (χ0v) is 16.2. The number of likely N-dealkylation sites (tertiary alicyclic amines) is 1. The average molecular weight is 364 g/mol. The van der Waals surface area contributed by atoms with Crippen molar-refractivity contribution in [3.63, 3.8) is 0 Å². The number of ketones is 1. The highest BCUT2D eigenvalue weighted by molar-refractivity contribution is 5.95. The minimum absolute atomic E-state index is 0.137. The van der Waals surface area contributed by atoms with Gasteiger partial charge in [-0.15, -0.1) is 0 Å². The lowest BCUT2D eigenvalue weighted by Gasteiger charge is -2.33. The third kappa shape index (κ3) is 3.83. The van der Waals surface area contributed by atoms with Crippen LogP contribution in [0.5, 0.6) is 0 Å². The molecule has 3 heterocycles. The molecule has 27 heavy (non-hydrogen) atoms. The molecule has 1 aliphatic heterocycles. The highest BCUT2D eigenvalue weighted by Gasteiger charge is 2.19. The number of carbonyl (C=O) groups excluding carboxylic acids is 1. The average Bonchev–Trinajstić information content (AvgIpc) is 3.26. The minimum atomic E-state index is 0.137. The molecule has 0 spiro atoms. The van der Waals surface area contributed by atoms with Crippen LogP contribution in [0.2, 0.25) is 0 Å². The maximum absolute atomic E-state index is 12.6. The molecule has 1 unspecified atom stereocenters. The largest absolute Gasteiger partial charge is 0.353 e. The molecule has 2 aromatic heterocycles. The maximum Gasteiger partial charge on any atom is 0.183 e. The highest BCUT2D eigenvalue weighted by Crippen LogP contribution is 2.25. The summed E-state index contributed by atoms with van der Waals surface area (Å²) >= 11 is 0. The van der Waals surface area contributed by atoms with E-state index in [4.69, 9.17) is 0 Å². The fraction of sp³-hybridized carbons (Fsp3) is 0.455. The number of benzene rings is 1. The summed E-state index contributed by atoms with van der Waals surface area (Å²) in [4.78, 5) is 18.6. The number of rotatable bonds is 6. The second-order valence-corrected chi connectivity index (χ2v) is 7.72. The lowest BCUT2D eigenvalue weighted by Crippen LogP contribution is -2.38. The van der Waals surface area contributed by atoms with Crippen LogP contribution < -0.4 is 0 Å². The van der Waals surface area contributed by atoms with Crippen molar-refractivity contribution in [1.29, 1.82) is 0 Å². The zero-order valence-electron chi connectivity index (χ0n) is 16.2. The molecule has 1 aliphatic rings. The van der Waals surface area contributed by atoms with Gasteiger partial charge in [0.2, 0.25) is 0 Å². The fourth-order valence-corrected chi connectivity index (χ4v) is 4.13. The monoisotopic (exact) mass is 364 g/mol. The number of hydrogen-bond acceptors (Lipinski definition) is 3. The highest BCUT2D eigenvalue weighted by atomic mass is 16.1. The van der Waals surface area contributed by atoms with Crippen molar-refractivity contribution in [3.05, 3.63) is 42.1 Å². The summed E-state index contributed by atoms with van der Waals surface area (Å²) in [5.74, 6) is 0.137. The standard InChI is InChI=1S/C22H28N4O/c1-16-8-5-6-12-26(16)13-7-11-22(27)20-15-21(25(2)24-20)19-14-17-9-3-4-10-18(17)23-19/h3-4,9-10,14-16,23H,5-8,11-13H2,1-2H3. The van der Waals surface area contributed by atoms with Gasteiger partial charge in [-0.05, 0) is 57.5 Å². The number of carbonyl (C=O) groups is 1. The Morgan fingerprint density at radius 2 is 2.11 bits per heavy atom. The molecule has 0 amide bonds. The molecule has 1 fully saturated rings. The Balaban J connectivity index is 1.42. The number of nitrogens with zero attached hydrogens (tertiary/aromatic N) is 3. The Bertz CT molecular complexity index is 906. The molecule has 142 valence electrons. The number of hydrogen-bond donors (Lipinski definition) is 1. The summed E-state index contributed by atoms with van der Waals surface area (Å²) in [6.45, 7) is 4.48. The van der Waals surface area contributed by atoms with Crippen molar-refractivity contribution in [2.24, 2.45) is 7.05 Å². The second kappa shape index (κ2) is 7.69. The molecule has 4 rings (SSSR count). The topological polar surface area (TPSA) is 53.9 Å². The van der Waals surface area contributed by atoms with Crippen molar-refractivity contribution >= 4 is 16.7 Å². The van der Waals surface area contributed by atoms with Gasteiger partial charge in [-0.25, -0.2) is 0 Å². The Kier molecular flexibility index (Phi) is 5.12. The summed E-state index contributed by atoms with van der Waals surface area (Å²) in [5, 5.41) is 5.64. The quantitative estimate of drug-likeness (QED) is 0.659. The number of para-hydroxylation sites is 1. The first-order valence-electron chi connectivity index (χ1n) is 10.0. The van der Waals surface area contributed by atoms with E-state index in [1.807, 2.05) is 25.2 Å². The Labute approximate surface area is 160 Å². The lowest BCUT2D eigenvalue weighted by atomic mass is 10.0. The van der Waals surface area contributed by atoms with Crippen molar-refractivity contribution in [2.75, 3.05) is 13.1 Å². The van der Waals surface area contributed by atoms with E-state index >= 15 is 0 Å². The third-order valence-corrected chi connectivity index (χ3v) is 5.76. The SMILES string of the molecule is CC1CCCCN1CCCC(=O)c1cc(-c2cc3ccccc3[nH]2)n(C)n1. The number of nitrogens with one attached hydrogen (secondary N) is 1. The van der Waals surface area contributed by atoms with Crippen molar-refractivity contribution in [1.82, 2.24) is 19.7 Å². The molecule has 5 heteroatoms. The van der Waals surface area contributed by atoms with Crippen LogP contribution in [0, 0.1) is 0 Å². The smallest absolute Gasteiger partial charge is 0.183 e. The molecule has 3 aromatic rings. The Morgan fingerprint density at radius 3 is 2.93 bits per heavy atom.